The van der Waals surface area contributed by atoms with Crippen LogP contribution in [0.1, 0.15) is 23.6 Å². The molecule has 0 saturated heterocycles. The average Bonchev–Trinajstić information content (AvgIpc) is 2.33. The number of carbonyl (C=O) groups excluding carboxylic acids is 1. The summed E-state index contributed by atoms with van der Waals surface area (Å²) in [4.78, 5) is 11.5. The number of hydrogen-bond acceptors (Lipinski definition) is 2. The lowest BCUT2D eigenvalue weighted by Gasteiger charge is -2.29. The number of ether oxygens (including phenoxy) is 1. The molecule has 0 spiro atoms. The number of aryl methyl sites for hydroxylation is 1. The van der Waals surface area contributed by atoms with E-state index >= 15 is 0 Å². The Labute approximate surface area is 119 Å². The Kier molecular flexibility index (Phi) is 3.58. The number of halogens is 4. The van der Waals surface area contributed by atoms with Crippen LogP contribution in [0, 0.1) is 13.8 Å². The van der Waals surface area contributed by atoms with Crippen molar-refractivity contribution >= 4 is 23.5 Å². The molecule has 0 bridgehead atoms. The first-order valence-corrected chi connectivity index (χ1v) is 6.26. The number of rotatable bonds is 1. The van der Waals surface area contributed by atoms with Crippen molar-refractivity contribution in [1.82, 2.24) is 0 Å². The molecule has 1 heterocycles. The molecule has 0 aromatic heterocycles. The fourth-order valence-corrected chi connectivity index (χ4v) is 2.42. The van der Waals surface area contributed by atoms with Gasteiger partial charge in [-0.2, -0.15) is 13.2 Å². The summed E-state index contributed by atoms with van der Waals surface area (Å²) in [5.74, 6) is -0.697. The quantitative estimate of drug-likeness (QED) is 0.775. The van der Waals surface area contributed by atoms with Gasteiger partial charge in [-0.3, -0.25) is 4.79 Å². The maximum Gasteiger partial charge on any atom is 0.429 e. The third-order valence-corrected chi connectivity index (χ3v) is 3.60. The zero-order chi connectivity index (χ0) is 15.2. The van der Waals surface area contributed by atoms with E-state index in [0.29, 0.717) is 5.56 Å². The maximum atomic E-state index is 13.0. The summed E-state index contributed by atoms with van der Waals surface area (Å²) in [5.41, 5.74) is 1.58. The Morgan fingerprint density at radius 1 is 1.35 bits per heavy atom. The lowest BCUT2D eigenvalue weighted by molar-refractivity contribution is -0.184. The first-order valence-electron chi connectivity index (χ1n) is 5.88. The zero-order valence-electron chi connectivity index (χ0n) is 11.1. The van der Waals surface area contributed by atoms with Crippen molar-refractivity contribution in [2.75, 3.05) is 0 Å². The molecule has 1 aliphatic heterocycles. The van der Waals surface area contributed by atoms with E-state index in [-0.39, 0.29) is 10.8 Å². The average molecular weight is 305 g/mol. The molecule has 0 saturated carbocycles. The Hall–Kier alpha value is -1.49. The monoisotopic (exact) mass is 304 g/mol. The summed E-state index contributed by atoms with van der Waals surface area (Å²) < 4.78 is 44.0. The van der Waals surface area contributed by atoms with E-state index in [1.165, 1.54) is 6.08 Å². The minimum absolute atomic E-state index is 0.0258. The first kappa shape index (κ1) is 14.9. The highest BCUT2D eigenvalue weighted by Gasteiger charge is 2.47. The van der Waals surface area contributed by atoms with Crippen LogP contribution in [0.2, 0.25) is 5.02 Å². The SMILES string of the molecule is CC(=O)C1=Cc2c(C)c(C)cc(Cl)c2OC1C(F)(F)F. The van der Waals surface area contributed by atoms with E-state index in [0.717, 1.165) is 18.1 Å². The van der Waals surface area contributed by atoms with Crippen molar-refractivity contribution in [1.29, 1.82) is 0 Å². The van der Waals surface area contributed by atoms with Crippen LogP contribution in [0.4, 0.5) is 13.2 Å². The Balaban J connectivity index is 2.69. The highest BCUT2D eigenvalue weighted by molar-refractivity contribution is 6.32. The van der Waals surface area contributed by atoms with Crippen molar-refractivity contribution in [3.8, 4) is 5.75 Å². The van der Waals surface area contributed by atoms with Gasteiger partial charge >= 0.3 is 6.18 Å². The molecule has 20 heavy (non-hydrogen) atoms. The van der Waals surface area contributed by atoms with Crippen LogP contribution >= 0.6 is 11.6 Å². The van der Waals surface area contributed by atoms with Crippen LogP contribution in [0.15, 0.2) is 11.6 Å². The van der Waals surface area contributed by atoms with Crippen LogP contribution in [0.25, 0.3) is 6.08 Å². The number of Topliss-reactive ketones (excluding diaryl/α,β-unsaturated/α-hetero) is 1. The van der Waals surface area contributed by atoms with E-state index in [4.69, 9.17) is 16.3 Å². The normalized spacial score (nSPS) is 18.1. The third kappa shape index (κ3) is 2.42. The summed E-state index contributed by atoms with van der Waals surface area (Å²) in [6.07, 6.45) is -5.71. The first-order chi connectivity index (χ1) is 9.12. The number of carbonyl (C=O) groups is 1. The van der Waals surface area contributed by atoms with Crippen LogP contribution in [0.3, 0.4) is 0 Å². The molecule has 0 aliphatic carbocycles. The Morgan fingerprint density at radius 2 is 1.95 bits per heavy atom. The third-order valence-electron chi connectivity index (χ3n) is 3.32. The summed E-state index contributed by atoms with van der Waals surface area (Å²) in [7, 11) is 0. The van der Waals surface area contributed by atoms with Crippen LogP contribution < -0.4 is 4.74 Å². The molecule has 1 atom stereocenters. The fraction of sp³-hybridized carbons (Fsp3) is 0.357. The predicted octanol–water partition coefficient (Wildman–Crippen LogP) is 4.25. The zero-order valence-corrected chi connectivity index (χ0v) is 11.8. The van der Waals surface area contributed by atoms with Crippen LogP contribution in [0.5, 0.6) is 5.75 Å². The molecule has 2 rings (SSSR count). The van der Waals surface area contributed by atoms with Gasteiger partial charge in [-0.15, -0.1) is 0 Å². The van der Waals surface area contributed by atoms with Gasteiger partial charge < -0.3 is 4.74 Å². The molecule has 108 valence electrons. The van der Waals surface area contributed by atoms with E-state index in [1.807, 2.05) is 0 Å². The molecule has 0 fully saturated rings. The van der Waals surface area contributed by atoms with Gasteiger partial charge in [0.05, 0.1) is 5.02 Å². The number of benzene rings is 1. The molecule has 1 aromatic carbocycles. The van der Waals surface area contributed by atoms with Gasteiger partial charge in [0.1, 0.15) is 5.75 Å². The van der Waals surface area contributed by atoms with Gasteiger partial charge in [0, 0.05) is 11.1 Å². The Bertz CT molecular complexity index is 618. The molecule has 6 heteroatoms. The second kappa shape index (κ2) is 4.81. The number of hydrogen-bond donors (Lipinski definition) is 0. The standard InChI is InChI=1S/C14H12ClF3O2/c1-6-4-11(15)12-9(7(6)2)5-10(8(3)19)13(20-12)14(16,17)18/h4-5,13H,1-3H3. The van der Waals surface area contributed by atoms with Gasteiger partial charge in [0.2, 0.25) is 6.10 Å². The van der Waals surface area contributed by atoms with E-state index < -0.39 is 23.6 Å². The highest BCUT2D eigenvalue weighted by Crippen LogP contribution is 2.43. The topological polar surface area (TPSA) is 26.3 Å². The largest absolute Gasteiger partial charge is 0.474 e. The van der Waals surface area contributed by atoms with Crippen molar-refractivity contribution in [3.63, 3.8) is 0 Å². The summed E-state index contributed by atoms with van der Waals surface area (Å²) in [5, 5.41) is 0.108. The van der Waals surface area contributed by atoms with Crippen LogP contribution in [-0.4, -0.2) is 18.1 Å². The number of alkyl halides is 3. The Morgan fingerprint density at radius 3 is 2.45 bits per heavy atom. The van der Waals surface area contributed by atoms with E-state index in [1.54, 1.807) is 19.9 Å². The van der Waals surface area contributed by atoms with Crippen LogP contribution in [-0.2, 0) is 4.79 Å². The minimum atomic E-state index is -4.67. The number of fused-ring (bicyclic) bond motifs is 1. The van der Waals surface area contributed by atoms with Gasteiger partial charge in [0.15, 0.2) is 5.78 Å². The molecule has 1 aliphatic rings. The van der Waals surface area contributed by atoms with E-state index in [2.05, 4.69) is 0 Å². The molecule has 1 aromatic rings. The smallest absolute Gasteiger partial charge is 0.429 e. The van der Waals surface area contributed by atoms with Crippen molar-refractivity contribution in [2.45, 2.75) is 33.1 Å². The minimum Gasteiger partial charge on any atom is -0.474 e. The second-order valence-corrected chi connectivity index (χ2v) is 5.15. The van der Waals surface area contributed by atoms with Gasteiger partial charge in [-0.25, -0.2) is 0 Å². The van der Waals surface area contributed by atoms with Crippen molar-refractivity contribution in [2.24, 2.45) is 0 Å². The summed E-state index contributed by atoms with van der Waals surface area (Å²) >= 11 is 5.96. The highest BCUT2D eigenvalue weighted by atomic mass is 35.5. The molecular weight excluding hydrogens is 293 g/mol. The summed E-state index contributed by atoms with van der Waals surface area (Å²) in [6, 6.07) is 1.55. The lowest BCUT2D eigenvalue weighted by atomic mass is 9.94. The van der Waals surface area contributed by atoms with Gasteiger partial charge in [0.25, 0.3) is 0 Å². The molecule has 0 N–H and O–H groups in total. The molecule has 1 unspecified atom stereocenters. The molecular formula is C14H12ClF3O2. The predicted molar refractivity (Wildman–Crippen MR) is 70.1 cm³/mol. The molecule has 0 amide bonds. The van der Waals surface area contributed by atoms with Crippen molar-refractivity contribution in [3.05, 3.63) is 33.4 Å². The molecule has 0 radical (unpaired) electrons. The number of ketones is 1. The maximum absolute atomic E-state index is 13.0. The fourth-order valence-electron chi connectivity index (χ4n) is 2.11. The molecule has 2 nitrogen and oxygen atoms in total. The van der Waals surface area contributed by atoms with E-state index in [9.17, 15) is 18.0 Å². The second-order valence-electron chi connectivity index (χ2n) is 4.74. The lowest BCUT2D eigenvalue weighted by Crippen LogP contribution is -2.40. The van der Waals surface area contributed by atoms with Gasteiger partial charge in [-0.05, 0) is 44.0 Å². The summed E-state index contributed by atoms with van der Waals surface area (Å²) in [6.45, 7) is 4.63. The van der Waals surface area contributed by atoms with Crippen molar-refractivity contribution < 1.29 is 22.7 Å². The van der Waals surface area contributed by atoms with Gasteiger partial charge in [-0.1, -0.05) is 11.6 Å².